The largest absolute Gasteiger partial charge is 0.453 e. The smallest absolute Gasteiger partial charge is 0.379 e. The monoisotopic (exact) mass is 206 g/mol. The second kappa shape index (κ2) is 4.21. The van der Waals surface area contributed by atoms with Gasteiger partial charge in [-0.05, 0) is 13.8 Å². The molecular weight excluding hydrogens is 195 g/mol. The molecule has 0 saturated carbocycles. The number of ether oxygens (including phenoxy) is 1. The standard InChI is InChI=1S/C7H11F5O/c1-5(2)13-4-3-6(8,9)7(10,11)12/h5H,3-4H2,1-2H3. The van der Waals surface area contributed by atoms with Gasteiger partial charge >= 0.3 is 12.1 Å². The number of hydrogen-bond acceptors (Lipinski definition) is 1. The fourth-order valence-electron chi connectivity index (χ4n) is 0.565. The summed E-state index contributed by atoms with van der Waals surface area (Å²) in [5.74, 6) is -4.65. The molecule has 13 heavy (non-hydrogen) atoms. The Labute approximate surface area is 72.9 Å². The third-order valence-electron chi connectivity index (χ3n) is 1.28. The number of rotatable bonds is 4. The van der Waals surface area contributed by atoms with Crippen LogP contribution in [0.5, 0.6) is 0 Å². The SMILES string of the molecule is CC(C)OCCC(F)(F)C(F)(F)F. The maximum atomic E-state index is 12.2. The van der Waals surface area contributed by atoms with Crippen molar-refractivity contribution < 1.29 is 26.7 Å². The van der Waals surface area contributed by atoms with Crippen molar-refractivity contribution in [3.63, 3.8) is 0 Å². The first-order valence-electron chi connectivity index (χ1n) is 3.73. The van der Waals surface area contributed by atoms with Gasteiger partial charge in [0.2, 0.25) is 0 Å². The summed E-state index contributed by atoms with van der Waals surface area (Å²) in [7, 11) is 0. The molecule has 1 nitrogen and oxygen atoms in total. The Balaban J connectivity index is 3.90. The fraction of sp³-hybridized carbons (Fsp3) is 1.00. The summed E-state index contributed by atoms with van der Waals surface area (Å²) in [4.78, 5) is 0. The molecule has 0 spiro atoms. The third-order valence-corrected chi connectivity index (χ3v) is 1.28. The molecule has 0 unspecified atom stereocenters. The molecule has 0 amide bonds. The van der Waals surface area contributed by atoms with E-state index in [0.29, 0.717) is 0 Å². The van der Waals surface area contributed by atoms with Crippen LogP contribution in [-0.4, -0.2) is 24.8 Å². The summed E-state index contributed by atoms with van der Waals surface area (Å²) in [6.07, 6.45) is -7.15. The van der Waals surface area contributed by atoms with E-state index in [1.807, 2.05) is 0 Å². The van der Waals surface area contributed by atoms with Gasteiger partial charge in [-0.25, -0.2) is 0 Å². The van der Waals surface area contributed by atoms with Crippen molar-refractivity contribution >= 4 is 0 Å². The van der Waals surface area contributed by atoms with E-state index in [-0.39, 0.29) is 6.10 Å². The van der Waals surface area contributed by atoms with Crippen LogP contribution in [0.15, 0.2) is 0 Å². The van der Waals surface area contributed by atoms with Crippen LogP contribution in [0, 0.1) is 0 Å². The molecule has 0 aromatic carbocycles. The van der Waals surface area contributed by atoms with Crippen LogP contribution >= 0.6 is 0 Å². The Morgan fingerprint density at radius 2 is 1.54 bits per heavy atom. The molecule has 0 saturated heterocycles. The number of halogens is 5. The van der Waals surface area contributed by atoms with E-state index in [2.05, 4.69) is 4.74 Å². The summed E-state index contributed by atoms with van der Waals surface area (Å²) >= 11 is 0. The first kappa shape index (κ1) is 12.6. The van der Waals surface area contributed by atoms with Crippen molar-refractivity contribution in [2.75, 3.05) is 6.61 Å². The fourth-order valence-corrected chi connectivity index (χ4v) is 0.565. The predicted molar refractivity (Wildman–Crippen MR) is 36.7 cm³/mol. The molecule has 0 aliphatic heterocycles. The Morgan fingerprint density at radius 3 is 1.85 bits per heavy atom. The van der Waals surface area contributed by atoms with Crippen LogP contribution in [-0.2, 0) is 4.74 Å². The lowest BCUT2D eigenvalue weighted by molar-refractivity contribution is -0.287. The molecule has 0 aliphatic rings. The van der Waals surface area contributed by atoms with Crippen LogP contribution in [0.2, 0.25) is 0 Å². The summed E-state index contributed by atoms with van der Waals surface area (Å²) in [5.41, 5.74) is 0. The molecule has 0 bridgehead atoms. The van der Waals surface area contributed by atoms with Gasteiger partial charge in [-0.2, -0.15) is 22.0 Å². The number of hydrogen-bond donors (Lipinski definition) is 0. The van der Waals surface area contributed by atoms with Crippen molar-refractivity contribution in [1.82, 2.24) is 0 Å². The minimum atomic E-state index is -5.48. The molecule has 0 aromatic heterocycles. The molecule has 0 atom stereocenters. The lowest BCUT2D eigenvalue weighted by Gasteiger charge is -2.19. The van der Waals surface area contributed by atoms with Crippen molar-refractivity contribution in [2.24, 2.45) is 0 Å². The highest BCUT2D eigenvalue weighted by atomic mass is 19.4. The predicted octanol–water partition coefficient (Wildman–Crippen LogP) is 3.00. The van der Waals surface area contributed by atoms with Crippen LogP contribution in [0.3, 0.4) is 0 Å². The van der Waals surface area contributed by atoms with E-state index >= 15 is 0 Å². The van der Waals surface area contributed by atoms with E-state index in [1.54, 1.807) is 13.8 Å². The van der Waals surface area contributed by atoms with Gasteiger partial charge in [0, 0.05) is 6.42 Å². The van der Waals surface area contributed by atoms with Gasteiger partial charge in [-0.3, -0.25) is 0 Å². The van der Waals surface area contributed by atoms with Gasteiger partial charge in [0.15, 0.2) is 0 Å². The van der Waals surface area contributed by atoms with E-state index in [9.17, 15) is 22.0 Å². The van der Waals surface area contributed by atoms with Gasteiger partial charge in [0.25, 0.3) is 0 Å². The topological polar surface area (TPSA) is 9.23 Å². The van der Waals surface area contributed by atoms with Crippen molar-refractivity contribution in [1.29, 1.82) is 0 Å². The van der Waals surface area contributed by atoms with Gasteiger partial charge < -0.3 is 4.74 Å². The van der Waals surface area contributed by atoms with Crippen molar-refractivity contribution in [3.05, 3.63) is 0 Å². The second-order valence-corrected chi connectivity index (χ2v) is 2.87. The zero-order chi connectivity index (χ0) is 10.7. The zero-order valence-corrected chi connectivity index (χ0v) is 7.29. The average Bonchev–Trinajstić information content (AvgIpc) is 1.82. The van der Waals surface area contributed by atoms with Gasteiger partial charge in [-0.1, -0.05) is 0 Å². The summed E-state index contributed by atoms with van der Waals surface area (Å²) in [6.45, 7) is 2.53. The first-order chi connectivity index (χ1) is 5.67. The van der Waals surface area contributed by atoms with E-state index < -0.39 is 25.1 Å². The summed E-state index contributed by atoms with van der Waals surface area (Å²) in [6, 6.07) is 0. The maximum absolute atomic E-state index is 12.2. The molecule has 80 valence electrons. The number of alkyl halides is 5. The van der Waals surface area contributed by atoms with Crippen LogP contribution in [0.4, 0.5) is 22.0 Å². The van der Waals surface area contributed by atoms with Crippen LogP contribution in [0.25, 0.3) is 0 Å². The molecule has 0 rings (SSSR count). The van der Waals surface area contributed by atoms with E-state index in [4.69, 9.17) is 0 Å². The van der Waals surface area contributed by atoms with Crippen molar-refractivity contribution in [2.45, 2.75) is 38.5 Å². The minimum absolute atomic E-state index is 0.343. The third kappa shape index (κ3) is 4.40. The van der Waals surface area contributed by atoms with Crippen molar-refractivity contribution in [3.8, 4) is 0 Å². The highest BCUT2D eigenvalue weighted by Crippen LogP contribution is 2.37. The summed E-state index contributed by atoms with van der Waals surface area (Å²) < 4.78 is 63.6. The lowest BCUT2D eigenvalue weighted by Crippen LogP contribution is -2.37. The van der Waals surface area contributed by atoms with Gasteiger partial charge in [0.1, 0.15) is 0 Å². The molecule has 0 fully saturated rings. The quantitative estimate of drug-likeness (QED) is 0.642. The van der Waals surface area contributed by atoms with Crippen LogP contribution < -0.4 is 0 Å². The highest BCUT2D eigenvalue weighted by molar-refractivity contribution is 4.75. The normalized spacial score (nSPS) is 13.8. The minimum Gasteiger partial charge on any atom is -0.379 e. The molecule has 0 aromatic rings. The maximum Gasteiger partial charge on any atom is 0.453 e. The Bertz CT molecular complexity index is 151. The molecule has 0 heterocycles. The zero-order valence-electron chi connectivity index (χ0n) is 7.29. The lowest BCUT2D eigenvalue weighted by atomic mass is 10.2. The highest BCUT2D eigenvalue weighted by Gasteiger charge is 2.56. The first-order valence-corrected chi connectivity index (χ1v) is 3.73. The van der Waals surface area contributed by atoms with E-state index in [0.717, 1.165) is 0 Å². The molecule has 0 radical (unpaired) electrons. The van der Waals surface area contributed by atoms with Gasteiger partial charge in [-0.15, -0.1) is 0 Å². The molecule has 0 N–H and O–H groups in total. The van der Waals surface area contributed by atoms with E-state index in [1.165, 1.54) is 0 Å². The molecular formula is C7H11F5O. The average molecular weight is 206 g/mol. The van der Waals surface area contributed by atoms with Crippen LogP contribution in [0.1, 0.15) is 20.3 Å². The molecule has 6 heteroatoms. The Hall–Kier alpha value is -0.390. The summed E-state index contributed by atoms with van der Waals surface area (Å²) in [5, 5.41) is 0. The second-order valence-electron chi connectivity index (χ2n) is 2.87. The Kier molecular flexibility index (Phi) is 4.09. The van der Waals surface area contributed by atoms with Gasteiger partial charge in [0.05, 0.1) is 12.7 Å². The Morgan fingerprint density at radius 1 is 1.08 bits per heavy atom. The molecule has 0 aliphatic carbocycles.